The summed E-state index contributed by atoms with van der Waals surface area (Å²) >= 11 is 3.42. The van der Waals surface area contributed by atoms with Gasteiger partial charge in [-0.05, 0) is 37.1 Å². The van der Waals surface area contributed by atoms with Crippen LogP contribution < -0.4 is 10.6 Å². The van der Waals surface area contributed by atoms with Gasteiger partial charge in [0, 0.05) is 42.9 Å². The molecule has 7 heteroatoms. The molecule has 1 aliphatic rings. The molecule has 1 aromatic rings. The summed E-state index contributed by atoms with van der Waals surface area (Å²) in [5, 5.41) is 5.87. The SMILES string of the molecule is CCCNC(=O)CN1CCN(CC(=O)Nc2ccc(Br)cc2C)CC1. The average molecular weight is 411 g/mol. The van der Waals surface area contributed by atoms with Crippen molar-refractivity contribution in [3.05, 3.63) is 28.2 Å². The largest absolute Gasteiger partial charge is 0.355 e. The Morgan fingerprint density at radius 3 is 2.24 bits per heavy atom. The van der Waals surface area contributed by atoms with E-state index in [4.69, 9.17) is 0 Å². The zero-order chi connectivity index (χ0) is 18.2. The third-order valence-corrected chi connectivity index (χ3v) is 4.73. The summed E-state index contributed by atoms with van der Waals surface area (Å²) < 4.78 is 1.00. The van der Waals surface area contributed by atoms with Gasteiger partial charge in [-0.1, -0.05) is 22.9 Å². The van der Waals surface area contributed by atoms with Gasteiger partial charge in [-0.2, -0.15) is 0 Å². The average Bonchev–Trinajstić information content (AvgIpc) is 2.57. The molecule has 1 fully saturated rings. The summed E-state index contributed by atoms with van der Waals surface area (Å²) in [5.41, 5.74) is 1.88. The normalized spacial score (nSPS) is 15.8. The molecule has 2 rings (SSSR count). The van der Waals surface area contributed by atoms with Crippen LogP contribution in [0.15, 0.2) is 22.7 Å². The fraction of sp³-hybridized carbons (Fsp3) is 0.556. The second kappa shape index (κ2) is 9.89. The first-order chi connectivity index (χ1) is 12.0. The number of aryl methyl sites for hydroxylation is 1. The maximum atomic E-state index is 12.3. The fourth-order valence-electron chi connectivity index (χ4n) is 2.79. The molecule has 0 aliphatic carbocycles. The maximum absolute atomic E-state index is 12.3. The monoisotopic (exact) mass is 410 g/mol. The minimum atomic E-state index is -0.000406. The minimum absolute atomic E-state index is 0.000406. The Morgan fingerprint density at radius 1 is 1.08 bits per heavy atom. The van der Waals surface area contributed by atoms with E-state index in [-0.39, 0.29) is 11.8 Å². The van der Waals surface area contributed by atoms with E-state index in [1.807, 2.05) is 32.0 Å². The summed E-state index contributed by atoms with van der Waals surface area (Å²) in [5.74, 6) is 0.0818. The molecule has 0 unspecified atom stereocenters. The Morgan fingerprint density at radius 2 is 1.68 bits per heavy atom. The number of benzene rings is 1. The summed E-state index contributed by atoms with van der Waals surface area (Å²) in [7, 11) is 0. The van der Waals surface area contributed by atoms with Crippen molar-refractivity contribution in [3.63, 3.8) is 0 Å². The van der Waals surface area contributed by atoms with Gasteiger partial charge in [0.25, 0.3) is 0 Å². The van der Waals surface area contributed by atoms with Crippen LogP contribution in [0.4, 0.5) is 5.69 Å². The van der Waals surface area contributed by atoms with E-state index in [2.05, 4.69) is 36.4 Å². The highest BCUT2D eigenvalue weighted by atomic mass is 79.9. The lowest BCUT2D eigenvalue weighted by Crippen LogP contribution is -2.51. The highest BCUT2D eigenvalue weighted by molar-refractivity contribution is 9.10. The van der Waals surface area contributed by atoms with E-state index in [0.717, 1.165) is 54.9 Å². The van der Waals surface area contributed by atoms with Gasteiger partial charge in [0.05, 0.1) is 13.1 Å². The molecule has 0 saturated carbocycles. The summed E-state index contributed by atoms with van der Waals surface area (Å²) in [4.78, 5) is 28.3. The number of amides is 2. The van der Waals surface area contributed by atoms with E-state index in [1.54, 1.807) is 0 Å². The van der Waals surface area contributed by atoms with Gasteiger partial charge in [0.2, 0.25) is 11.8 Å². The number of halogens is 1. The summed E-state index contributed by atoms with van der Waals surface area (Å²) in [6.07, 6.45) is 0.951. The van der Waals surface area contributed by atoms with E-state index >= 15 is 0 Å². The number of nitrogens with zero attached hydrogens (tertiary/aromatic N) is 2. The smallest absolute Gasteiger partial charge is 0.238 e. The van der Waals surface area contributed by atoms with E-state index in [1.165, 1.54) is 0 Å². The Labute approximate surface area is 158 Å². The van der Waals surface area contributed by atoms with Crippen LogP contribution in [0, 0.1) is 6.92 Å². The molecule has 0 spiro atoms. The number of carbonyl (C=O) groups is 2. The van der Waals surface area contributed by atoms with Crippen LogP contribution in [0.5, 0.6) is 0 Å². The lowest BCUT2D eigenvalue weighted by molar-refractivity contribution is -0.123. The van der Waals surface area contributed by atoms with Crippen LogP contribution in [-0.4, -0.2) is 67.4 Å². The molecule has 0 bridgehead atoms. The predicted molar refractivity (Wildman–Crippen MR) is 104 cm³/mol. The molecular formula is C18H27BrN4O2. The van der Waals surface area contributed by atoms with E-state index in [9.17, 15) is 9.59 Å². The van der Waals surface area contributed by atoms with Gasteiger partial charge >= 0.3 is 0 Å². The van der Waals surface area contributed by atoms with Crippen LogP contribution in [0.2, 0.25) is 0 Å². The molecule has 0 radical (unpaired) electrons. The molecule has 2 amide bonds. The number of rotatable bonds is 7. The fourth-order valence-corrected chi connectivity index (χ4v) is 3.26. The number of nitrogens with one attached hydrogen (secondary N) is 2. The van der Waals surface area contributed by atoms with Crippen LogP contribution in [0.3, 0.4) is 0 Å². The van der Waals surface area contributed by atoms with Crippen molar-refractivity contribution >= 4 is 33.4 Å². The Hall–Kier alpha value is -1.44. The lowest BCUT2D eigenvalue weighted by atomic mass is 10.2. The number of carbonyl (C=O) groups excluding carboxylic acids is 2. The van der Waals surface area contributed by atoms with Crippen molar-refractivity contribution in [2.75, 3.05) is 51.1 Å². The van der Waals surface area contributed by atoms with Crippen LogP contribution >= 0.6 is 15.9 Å². The first kappa shape index (κ1) is 19.9. The second-order valence-corrected chi connectivity index (χ2v) is 7.33. The first-order valence-electron chi connectivity index (χ1n) is 8.75. The Balaban J connectivity index is 1.72. The molecule has 0 aromatic heterocycles. The highest BCUT2D eigenvalue weighted by Gasteiger charge is 2.20. The van der Waals surface area contributed by atoms with Crippen molar-refractivity contribution in [1.29, 1.82) is 0 Å². The standard InChI is InChI=1S/C18H27BrN4O2/c1-3-6-20-17(24)12-22-7-9-23(10-8-22)13-18(25)21-16-5-4-15(19)11-14(16)2/h4-5,11H,3,6-10,12-13H2,1-2H3,(H,20,24)(H,21,25). The van der Waals surface area contributed by atoms with Crippen LogP contribution in [0.1, 0.15) is 18.9 Å². The molecule has 6 nitrogen and oxygen atoms in total. The van der Waals surface area contributed by atoms with Crippen LogP contribution in [-0.2, 0) is 9.59 Å². The van der Waals surface area contributed by atoms with Gasteiger partial charge in [-0.15, -0.1) is 0 Å². The Kier molecular flexibility index (Phi) is 7.87. The minimum Gasteiger partial charge on any atom is -0.355 e. The van der Waals surface area contributed by atoms with Crippen molar-refractivity contribution in [1.82, 2.24) is 15.1 Å². The third-order valence-electron chi connectivity index (χ3n) is 4.23. The quantitative estimate of drug-likeness (QED) is 0.719. The maximum Gasteiger partial charge on any atom is 0.238 e. The predicted octanol–water partition coefficient (Wildman–Crippen LogP) is 1.84. The highest BCUT2D eigenvalue weighted by Crippen LogP contribution is 2.20. The second-order valence-electron chi connectivity index (χ2n) is 6.41. The van der Waals surface area contributed by atoms with Gasteiger partial charge in [-0.25, -0.2) is 0 Å². The van der Waals surface area contributed by atoms with Crippen molar-refractivity contribution in [2.45, 2.75) is 20.3 Å². The molecule has 25 heavy (non-hydrogen) atoms. The van der Waals surface area contributed by atoms with Crippen LogP contribution in [0.25, 0.3) is 0 Å². The molecule has 138 valence electrons. The number of hydrogen-bond donors (Lipinski definition) is 2. The van der Waals surface area contributed by atoms with E-state index < -0.39 is 0 Å². The number of piperazine rings is 1. The Bertz CT molecular complexity index is 601. The third kappa shape index (κ3) is 6.76. The molecule has 1 aliphatic heterocycles. The zero-order valence-corrected chi connectivity index (χ0v) is 16.6. The molecule has 2 N–H and O–H groups in total. The van der Waals surface area contributed by atoms with Gasteiger partial charge < -0.3 is 10.6 Å². The molecule has 1 aromatic carbocycles. The molecule has 1 saturated heterocycles. The first-order valence-corrected chi connectivity index (χ1v) is 9.54. The molecule has 0 atom stereocenters. The summed E-state index contributed by atoms with van der Waals surface area (Å²) in [6.45, 7) is 8.79. The zero-order valence-electron chi connectivity index (χ0n) is 15.0. The van der Waals surface area contributed by atoms with Crippen molar-refractivity contribution in [2.24, 2.45) is 0 Å². The molecular weight excluding hydrogens is 384 g/mol. The summed E-state index contributed by atoms with van der Waals surface area (Å²) in [6, 6.07) is 5.81. The van der Waals surface area contributed by atoms with Gasteiger partial charge in [0.1, 0.15) is 0 Å². The number of anilines is 1. The topological polar surface area (TPSA) is 64.7 Å². The lowest BCUT2D eigenvalue weighted by Gasteiger charge is -2.33. The van der Waals surface area contributed by atoms with Gasteiger partial charge in [0.15, 0.2) is 0 Å². The number of hydrogen-bond acceptors (Lipinski definition) is 4. The molecule has 1 heterocycles. The van der Waals surface area contributed by atoms with Crippen molar-refractivity contribution < 1.29 is 9.59 Å². The van der Waals surface area contributed by atoms with Gasteiger partial charge in [-0.3, -0.25) is 19.4 Å². The van der Waals surface area contributed by atoms with Crippen molar-refractivity contribution in [3.8, 4) is 0 Å². The van der Waals surface area contributed by atoms with E-state index in [0.29, 0.717) is 13.1 Å².